The molecule has 0 saturated heterocycles. The lowest BCUT2D eigenvalue weighted by Gasteiger charge is -2.35. The van der Waals surface area contributed by atoms with Gasteiger partial charge in [0, 0.05) is 46.4 Å². The fraction of sp³-hybridized carbons (Fsp3) is 0.389. The fourth-order valence-corrected chi connectivity index (χ4v) is 3.62. The second kappa shape index (κ2) is 5.07. The summed E-state index contributed by atoms with van der Waals surface area (Å²) < 4.78 is 0. The van der Waals surface area contributed by atoms with Gasteiger partial charge in [-0.1, -0.05) is 12.1 Å². The molecule has 0 aliphatic carbocycles. The minimum Gasteiger partial charge on any atom is -0.507 e. The maximum Gasteiger partial charge on any atom is 0.125 e. The van der Waals surface area contributed by atoms with Gasteiger partial charge in [-0.2, -0.15) is 5.26 Å². The fourth-order valence-electron chi connectivity index (χ4n) is 3.37. The Kier molecular flexibility index (Phi) is 3.45. The number of halogens is 1. The van der Waals surface area contributed by atoms with Crippen molar-refractivity contribution in [2.75, 3.05) is 17.3 Å². The second-order valence-electron chi connectivity index (χ2n) is 6.80. The standard InChI is InChI=1S/C18H19ClN2O/c1-18(2,3)21-10-12(8-19)17-14(21)7-15(22)13-6-4-5-11(9-20)16(13)17/h4-7,12,22H,8,10H2,1-3H3. The molecule has 1 aliphatic heterocycles. The lowest BCUT2D eigenvalue weighted by atomic mass is 9.92. The Morgan fingerprint density at radius 1 is 1.41 bits per heavy atom. The van der Waals surface area contributed by atoms with Gasteiger partial charge >= 0.3 is 0 Å². The molecule has 0 radical (unpaired) electrons. The highest BCUT2D eigenvalue weighted by molar-refractivity contribution is 6.19. The summed E-state index contributed by atoms with van der Waals surface area (Å²) >= 11 is 6.21. The number of rotatable bonds is 1. The number of benzene rings is 2. The van der Waals surface area contributed by atoms with Crippen LogP contribution < -0.4 is 4.90 Å². The Morgan fingerprint density at radius 2 is 2.14 bits per heavy atom. The van der Waals surface area contributed by atoms with Crippen molar-refractivity contribution in [3.05, 3.63) is 35.4 Å². The van der Waals surface area contributed by atoms with Crippen LogP contribution in [0.2, 0.25) is 0 Å². The minimum absolute atomic E-state index is 0.0722. The molecule has 2 aromatic rings. The first-order chi connectivity index (χ1) is 10.4. The van der Waals surface area contributed by atoms with Gasteiger partial charge in [0.05, 0.1) is 11.6 Å². The molecular weight excluding hydrogens is 296 g/mol. The topological polar surface area (TPSA) is 47.3 Å². The van der Waals surface area contributed by atoms with Gasteiger partial charge in [-0.3, -0.25) is 0 Å². The number of phenolic OH excluding ortho intramolecular Hbond substituents is 1. The van der Waals surface area contributed by atoms with Gasteiger partial charge in [0.15, 0.2) is 0 Å². The normalized spacial score (nSPS) is 17.6. The van der Waals surface area contributed by atoms with Gasteiger partial charge in [0.2, 0.25) is 0 Å². The SMILES string of the molecule is CC(C)(C)N1CC(CCl)c2c1cc(O)c1cccc(C#N)c21. The molecule has 1 unspecified atom stereocenters. The van der Waals surface area contributed by atoms with Crippen molar-refractivity contribution in [2.45, 2.75) is 32.2 Å². The number of fused-ring (bicyclic) bond motifs is 3. The summed E-state index contributed by atoms with van der Waals surface area (Å²) in [4.78, 5) is 2.27. The molecule has 1 N–H and O–H groups in total. The molecule has 1 aliphatic rings. The van der Waals surface area contributed by atoms with E-state index in [1.165, 1.54) is 0 Å². The van der Waals surface area contributed by atoms with E-state index < -0.39 is 0 Å². The van der Waals surface area contributed by atoms with Crippen LogP contribution in [0.25, 0.3) is 10.8 Å². The van der Waals surface area contributed by atoms with Crippen molar-refractivity contribution in [3.8, 4) is 11.8 Å². The van der Waals surface area contributed by atoms with E-state index in [2.05, 4.69) is 31.7 Å². The van der Waals surface area contributed by atoms with Gasteiger partial charge in [0.25, 0.3) is 0 Å². The number of nitrogens with zero attached hydrogens (tertiary/aromatic N) is 2. The van der Waals surface area contributed by atoms with Gasteiger partial charge in [0.1, 0.15) is 5.75 Å². The number of phenols is 1. The minimum atomic E-state index is -0.0722. The Balaban J connectivity index is 2.41. The van der Waals surface area contributed by atoms with Crippen LogP contribution in [-0.4, -0.2) is 23.1 Å². The van der Waals surface area contributed by atoms with E-state index >= 15 is 0 Å². The van der Waals surface area contributed by atoms with E-state index in [1.54, 1.807) is 12.1 Å². The lowest BCUT2D eigenvalue weighted by Crippen LogP contribution is -2.40. The van der Waals surface area contributed by atoms with E-state index in [4.69, 9.17) is 11.6 Å². The molecular formula is C18H19ClN2O. The van der Waals surface area contributed by atoms with Crippen LogP contribution in [0.1, 0.15) is 37.8 Å². The van der Waals surface area contributed by atoms with E-state index in [-0.39, 0.29) is 17.2 Å². The molecule has 0 aromatic heterocycles. The molecule has 3 nitrogen and oxygen atoms in total. The number of hydrogen-bond acceptors (Lipinski definition) is 3. The zero-order chi connectivity index (χ0) is 16.1. The second-order valence-corrected chi connectivity index (χ2v) is 7.11. The van der Waals surface area contributed by atoms with Crippen molar-refractivity contribution in [1.29, 1.82) is 5.26 Å². The first-order valence-electron chi connectivity index (χ1n) is 7.40. The molecule has 0 amide bonds. The van der Waals surface area contributed by atoms with Gasteiger partial charge in [-0.05, 0) is 32.4 Å². The predicted octanol–water partition coefficient (Wildman–Crippen LogP) is 4.36. The van der Waals surface area contributed by atoms with Crippen LogP contribution in [-0.2, 0) is 0 Å². The average molecular weight is 315 g/mol. The Morgan fingerprint density at radius 3 is 2.73 bits per heavy atom. The monoisotopic (exact) mass is 314 g/mol. The molecule has 0 spiro atoms. The van der Waals surface area contributed by atoms with Crippen molar-refractivity contribution in [2.24, 2.45) is 0 Å². The summed E-state index contributed by atoms with van der Waals surface area (Å²) in [6.07, 6.45) is 0. The van der Waals surface area contributed by atoms with E-state index in [1.807, 2.05) is 12.1 Å². The molecule has 2 aromatic carbocycles. The highest BCUT2D eigenvalue weighted by atomic mass is 35.5. The van der Waals surface area contributed by atoms with Gasteiger partial charge < -0.3 is 10.0 Å². The van der Waals surface area contributed by atoms with Crippen molar-refractivity contribution in [3.63, 3.8) is 0 Å². The van der Waals surface area contributed by atoms with Crippen LogP contribution in [0.5, 0.6) is 5.75 Å². The smallest absolute Gasteiger partial charge is 0.125 e. The summed E-state index contributed by atoms with van der Waals surface area (Å²) in [7, 11) is 0. The van der Waals surface area contributed by atoms with Gasteiger partial charge in [-0.25, -0.2) is 0 Å². The summed E-state index contributed by atoms with van der Waals surface area (Å²) in [6, 6.07) is 9.53. The molecule has 0 bridgehead atoms. The number of alkyl halides is 1. The van der Waals surface area contributed by atoms with Crippen LogP contribution >= 0.6 is 11.6 Å². The lowest BCUT2D eigenvalue weighted by molar-refractivity contribution is 0.479. The first-order valence-corrected chi connectivity index (χ1v) is 7.94. The molecule has 3 rings (SSSR count). The van der Waals surface area contributed by atoms with Crippen LogP contribution in [0.4, 0.5) is 5.69 Å². The van der Waals surface area contributed by atoms with Crippen molar-refractivity contribution < 1.29 is 5.11 Å². The van der Waals surface area contributed by atoms with Crippen LogP contribution in [0.15, 0.2) is 24.3 Å². The molecule has 1 heterocycles. The predicted molar refractivity (Wildman–Crippen MR) is 90.9 cm³/mol. The zero-order valence-corrected chi connectivity index (χ0v) is 13.8. The number of anilines is 1. The van der Waals surface area contributed by atoms with E-state index in [0.717, 1.165) is 28.6 Å². The third kappa shape index (κ3) is 2.10. The molecule has 22 heavy (non-hydrogen) atoms. The van der Waals surface area contributed by atoms with E-state index in [0.29, 0.717) is 11.4 Å². The largest absolute Gasteiger partial charge is 0.507 e. The van der Waals surface area contributed by atoms with Gasteiger partial charge in [-0.15, -0.1) is 11.6 Å². The Hall–Kier alpha value is -1.92. The molecule has 114 valence electrons. The maximum atomic E-state index is 10.4. The highest BCUT2D eigenvalue weighted by Crippen LogP contribution is 2.48. The highest BCUT2D eigenvalue weighted by Gasteiger charge is 2.36. The van der Waals surface area contributed by atoms with E-state index in [9.17, 15) is 10.4 Å². The number of nitriles is 1. The van der Waals surface area contributed by atoms with Crippen LogP contribution in [0.3, 0.4) is 0 Å². The first kappa shape index (κ1) is 15.0. The summed E-state index contributed by atoms with van der Waals surface area (Å²) in [5, 5.41) is 21.5. The number of hydrogen-bond donors (Lipinski definition) is 1. The zero-order valence-electron chi connectivity index (χ0n) is 13.0. The third-order valence-electron chi connectivity index (χ3n) is 4.38. The quantitative estimate of drug-likeness (QED) is 0.796. The summed E-state index contributed by atoms with van der Waals surface area (Å²) in [6.45, 7) is 7.24. The summed E-state index contributed by atoms with van der Waals surface area (Å²) in [5.41, 5.74) is 2.60. The van der Waals surface area contributed by atoms with Crippen molar-refractivity contribution in [1.82, 2.24) is 0 Å². The molecule has 0 saturated carbocycles. The molecule has 4 heteroatoms. The third-order valence-corrected chi connectivity index (χ3v) is 4.75. The maximum absolute atomic E-state index is 10.4. The average Bonchev–Trinajstić information content (AvgIpc) is 2.85. The Labute approximate surface area is 135 Å². The van der Waals surface area contributed by atoms with Crippen LogP contribution in [0, 0.1) is 11.3 Å². The summed E-state index contributed by atoms with van der Waals surface area (Å²) in [5.74, 6) is 0.878. The number of aromatic hydroxyl groups is 1. The molecule has 0 fully saturated rings. The Bertz CT molecular complexity index is 786. The van der Waals surface area contributed by atoms with Crippen molar-refractivity contribution >= 4 is 28.1 Å². The molecule has 1 atom stereocenters.